The predicted octanol–water partition coefficient (Wildman–Crippen LogP) is 5.75. The minimum Gasteiger partial charge on any atom is -0.457 e. The summed E-state index contributed by atoms with van der Waals surface area (Å²) in [4.78, 5) is 63.8. The van der Waals surface area contributed by atoms with Crippen molar-refractivity contribution in [3.05, 3.63) is 90.3 Å². The Labute approximate surface area is 316 Å². The van der Waals surface area contributed by atoms with Gasteiger partial charge in [0.15, 0.2) is 5.65 Å². The molecule has 14 heteroatoms. The molecule has 3 N–H and O–H groups in total. The van der Waals surface area contributed by atoms with Crippen LogP contribution < -0.4 is 15.8 Å². The number of hydrogen-bond acceptors (Lipinski definition) is 10. The normalized spacial score (nSPS) is 17.6. The minimum absolute atomic E-state index is 0.0575. The molecule has 0 bridgehead atoms. The van der Waals surface area contributed by atoms with E-state index in [1.807, 2.05) is 76.3 Å². The molecule has 0 radical (unpaired) electrons. The molecule has 5 aromatic rings. The minimum atomic E-state index is -0.634. The second kappa shape index (κ2) is 15.3. The second-order valence-electron chi connectivity index (χ2n) is 13.8. The van der Waals surface area contributed by atoms with Gasteiger partial charge in [0.05, 0.1) is 11.4 Å². The number of likely N-dealkylation sites (tertiary alicyclic amines) is 1. The summed E-state index contributed by atoms with van der Waals surface area (Å²) in [6.07, 6.45) is 5.62. The quantitative estimate of drug-likeness (QED) is 0.0966. The van der Waals surface area contributed by atoms with Crippen LogP contribution in [0.5, 0.6) is 11.5 Å². The average Bonchev–Trinajstić information content (AvgIpc) is 3.75. The third kappa shape index (κ3) is 7.13. The number of fused-ring (bicyclic) bond motifs is 2. The number of benzene rings is 3. The highest BCUT2D eigenvalue weighted by molar-refractivity contribution is 7.99. The van der Waals surface area contributed by atoms with Gasteiger partial charge in [0.25, 0.3) is 5.91 Å². The Kier molecular flexibility index (Phi) is 10.00. The predicted molar refractivity (Wildman–Crippen MR) is 204 cm³/mol. The zero-order valence-electron chi connectivity index (χ0n) is 29.6. The Morgan fingerprint density at radius 3 is 2.46 bits per heavy atom. The van der Waals surface area contributed by atoms with Crippen molar-refractivity contribution in [2.75, 3.05) is 24.6 Å². The van der Waals surface area contributed by atoms with E-state index in [1.165, 1.54) is 6.33 Å². The van der Waals surface area contributed by atoms with E-state index in [0.717, 1.165) is 53.2 Å². The number of nitrogen functional groups attached to an aromatic ring is 1. The lowest BCUT2D eigenvalue weighted by molar-refractivity contribution is -0.137. The molecule has 1 unspecified atom stereocenters. The summed E-state index contributed by atoms with van der Waals surface area (Å²) in [6, 6.07) is 22.5. The van der Waals surface area contributed by atoms with Gasteiger partial charge in [-0.05, 0) is 92.0 Å². The maximum atomic E-state index is 13.2. The van der Waals surface area contributed by atoms with Crippen LogP contribution in [0.15, 0.2) is 84.0 Å². The van der Waals surface area contributed by atoms with E-state index < -0.39 is 11.9 Å². The number of hydrogen-bond donors (Lipinski definition) is 2. The van der Waals surface area contributed by atoms with E-state index >= 15 is 0 Å². The number of unbranched alkanes of at least 4 members (excludes halogenated alkanes) is 1. The summed E-state index contributed by atoms with van der Waals surface area (Å²) in [5.41, 5.74) is 10.2. The highest BCUT2D eigenvalue weighted by atomic mass is 32.2. The van der Waals surface area contributed by atoms with Gasteiger partial charge >= 0.3 is 0 Å². The molecule has 5 heterocycles. The zero-order valence-corrected chi connectivity index (χ0v) is 30.5. The molecule has 3 aliphatic rings. The van der Waals surface area contributed by atoms with Gasteiger partial charge in [-0.25, -0.2) is 14.6 Å². The maximum Gasteiger partial charge on any atom is 0.255 e. The Bertz CT molecular complexity index is 2220. The van der Waals surface area contributed by atoms with Gasteiger partial charge in [-0.1, -0.05) is 24.3 Å². The van der Waals surface area contributed by atoms with Crippen LogP contribution in [0.25, 0.3) is 22.3 Å². The summed E-state index contributed by atoms with van der Waals surface area (Å²) >= 11 is 1.67. The molecule has 3 aliphatic heterocycles. The number of anilines is 1. The van der Waals surface area contributed by atoms with Crippen LogP contribution in [-0.2, 0) is 20.9 Å². The SMILES string of the molecule is Nc1ncnc2c1c(-c1ccc(Oc3ccccc3)cc1)nn2C1CCN(C(=O)CCCCSc2cccc3c2CN(C2CCC(=O)NC2=O)C3=O)CC1. The Hall–Kier alpha value is -5.76. The summed E-state index contributed by atoms with van der Waals surface area (Å²) in [5, 5.41) is 8.09. The molecule has 54 heavy (non-hydrogen) atoms. The van der Waals surface area contributed by atoms with Crippen LogP contribution in [0.2, 0.25) is 0 Å². The molecule has 0 spiro atoms. The zero-order chi connectivity index (χ0) is 37.2. The lowest BCUT2D eigenvalue weighted by Gasteiger charge is -2.32. The fourth-order valence-corrected chi connectivity index (χ4v) is 8.62. The molecular formula is C40H40N8O5S. The van der Waals surface area contributed by atoms with E-state index in [1.54, 1.807) is 22.7 Å². The number of nitrogens with two attached hydrogens (primary N) is 1. The van der Waals surface area contributed by atoms with Gasteiger partial charge in [-0.15, -0.1) is 11.8 Å². The van der Waals surface area contributed by atoms with Gasteiger partial charge < -0.3 is 20.3 Å². The largest absolute Gasteiger partial charge is 0.457 e. The number of piperidine rings is 2. The van der Waals surface area contributed by atoms with Crippen molar-refractivity contribution in [2.24, 2.45) is 0 Å². The maximum absolute atomic E-state index is 13.2. The Balaban J connectivity index is 0.835. The first kappa shape index (κ1) is 35.3. The fraction of sp³-hybridized carbons (Fsp3) is 0.325. The molecule has 3 aromatic carbocycles. The van der Waals surface area contributed by atoms with E-state index in [9.17, 15) is 19.2 Å². The number of para-hydroxylation sites is 1. The van der Waals surface area contributed by atoms with Crippen LogP contribution in [0.1, 0.15) is 66.9 Å². The number of ether oxygens (including phenoxy) is 1. The van der Waals surface area contributed by atoms with Crippen molar-refractivity contribution >= 4 is 52.2 Å². The molecular weight excluding hydrogens is 705 g/mol. The molecule has 13 nitrogen and oxygen atoms in total. The number of imide groups is 1. The van der Waals surface area contributed by atoms with Crippen molar-refractivity contribution in [3.8, 4) is 22.8 Å². The fourth-order valence-electron chi connectivity index (χ4n) is 7.53. The smallest absolute Gasteiger partial charge is 0.255 e. The second-order valence-corrected chi connectivity index (χ2v) is 14.9. The third-order valence-electron chi connectivity index (χ3n) is 10.4. The van der Waals surface area contributed by atoms with Gasteiger partial charge in [0.1, 0.15) is 35.4 Å². The van der Waals surface area contributed by atoms with Gasteiger partial charge in [0.2, 0.25) is 17.7 Å². The first-order valence-electron chi connectivity index (χ1n) is 18.3. The number of nitrogens with zero attached hydrogens (tertiary/aromatic N) is 6. The first-order chi connectivity index (χ1) is 26.3. The summed E-state index contributed by atoms with van der Waals surface area (Å²) < 4.78 is 7.92. The molecule has 0 saturated carbocycles. The lowest BCUT2D eigenvalue weighted by Crippen LogP contribution is -2.52. The van der Waals surface area contributed by atoms with Crippen LogP contribution >= 0.6 is 11.8 Å². The number of rotatable bonds is 11. The average molecular weight is 745 g/mol. The van der Waals surface area contributed by atoms with Gasteiger partial charge in [0, 0.05) is 48.5 Å². The van der Waals surface area contributed by atoms with Crippen LogP contribution in [0, 0.1) is 0 Å². The number of carbonyl (C=O) groups excluding carboxylic acids is 4. The van der Waals surface area contributed by atoms with Gasteiger partial charge in [-0.2, -0.15) is 5.10 Å². The number of carbonyl (C=O) groups is 4. The number of aromatic nitrogens is 4. The molecule has 2 saturated heterocycles. The lowest BCUT2D eigenvalue weighted by atomic mass is 10.0. The van der Waals surface area contributed by atoms with Crippen molar-refractivity contribution in [2.45, 2.75) is 68.5 Å². The van der Waals surface area contributed by atoms with Gasteiger partial charge in [-0.3, -0.25) is 24.5 Å². The van der Waals surface area contributed by atoms with E-state index in [-0.39, 0.29) is 30.2 Å². The number of amides is 4. The third-order valence-corrected chi connectivity index (χ3v) is 11.6. The topological polar surface area (TPSA) is 166 Å². The molecule has 8 rings (SSSR count). The summed E-state index contributed by atoms with van der Waals surface area (Å²) in [7, 11) is 0. The van der Waals surface area contributed by atoms with E-state index in [0.29, 0.717) is 66.3 Å². The van der Waals surface area contributed by atoms with Crippen molar-refractivity contribution in [3.63, 3.8) is 0 Å². The Morgan fingerprint density at radius 2 is 1.69 bits per heavy atom. The highest BCUT2D eigenvalue weighted by Crippen LogP contribution is 2.37. The summed E-state index contributed by atoms with van der Waals surface area (Å²) in [5.74, 6) is 1.92. The van der Waals surface area contributed by atoms with Crippen molar-refractivity contribution < 1.29 is 23.9 Å². The molecule has 2 aromatic heterocycles. The number of thioether (sulfide) groups is 1. The molecule has 276 valence electrons. The van der Waals surface area contributed by atoms with Crippen molar-refractivity contribution in [1.29, 1.82) is 0 Å². The summed E-state index contributed by atoms with van der Waals surface area (Å²) in [6.45, 7) is 1.62. The monoisotopic (exact) mass is 744 g/mol. The first-order valence-corrected chi connectivity index (χ1v) is 19.3. The van der Waals surface area contributed by atoms with E-state index in [2.05, 4.69) is 15.3 Å². The molecule has 0 aliphatic carbocycles. The highest BCUT2D eigenvalue weighted by Gasteiger charge is 2.40. The molecule has 4 amide bonds. The molecule has 1 atom stereocenters. The van der Waals surface area contributed by atoms with Crippen LogP contribution in [-0.4, -0.2) is 78.1 Å². The Morgan fingerprint density at radius 1 is 0.907 bits per heavy atom. The number of nitrogens with one attached hydrogen (secondary N) is 1. The van der Waals surface area contributed by atoms with Crippen LogP contribution in [0.4, 0.5) is 5.82 Å². The van der Waals surface area contributed by atoms with Crippen LogP contribution in [0.3, 0.4) is 0 Å². The van der Waals surface area contributed by atoms with E-state index in [4.69, 9.17) is 15.6 Å². The standard InChI is InChI=1S/C40H40N8O5S/c41-37-35-36(25-12-14-28(15-13-25)53-27-7-2-1-3-8-27)45-48(38(35)43-24-42-37)26-18-20-46(21-19-26)34(50)11-4-5-22-54-32-10-6-9-29-30(32)23-47(40(29)52)31-16-17-33(49)44-39(31)51/h1-3,6-10,12-15,24,26,31H,4-5,11,16-23H2,(H2,41,42,43)(H,44,49,51). The van der Waals surface area contributed by atoms with Crippen molar-refractivity contribution in [1.82, 2.24) is 34.9 Å². The molecule has 2 fully saturated rings.